The zero-order chi connectivity index (χ0) is 9.73. The van der Waals surface area contributed by atoms with Crippen molar-refractivity contribution in [1.82, 2.24) is 4.90 Å². The molecule has 0 spiro atoms. The summed E-state index contributed by atoms with van der Waals surface area (Å²) < 4.78 is 0. The van der Waals surface area contributed by atoms with Crippen LogP contribution in [0, 0.1) is 5.41 Å². The van der Waals surface area contributed by atoms with E-state index in [1.54, 1.807) is 0 Å². The first-order valence-corrected chi connectivity index (χ1v) is 5.91. The van der Waals surface area contributed by atoms with E-state index < -0.39 is 0 Å². The molecule has 0 bridgehead atoms. The van der Waals surface area contributed by atoms with Gasteiger partial charge in [-0.05, 0) is 44.8 Å². The zero-order valence-corrected chi connectivity index (χ0v) is 9.60. The molecule has 78 valence electrons. The Morgan fingerprint density at radius 3 is 2.23 bits per heavy atom. The summed E-state index contributed by atoms with van der Waals surface area (Å²) in [5.41, 5.74) is 0.726. The molecule has 0 saturated heterocycles. The molecular weight excluding hydrogens is 158 g/mol. The van der Waals surface area contributed by atoms with Crippen LogP contribution in [0.15, 0.2) is 0 Å². The Hall–Kier alpha value is -0.0400. The van der Waals surface area contributed by atoms with Gasteiger partial charge in [0.1, 0.15) is 0 Å². The maximum Gasteiger partial charge on any atom is -0.00166 e. The molecule has 0 atom stereocenters. The van der Waals surface area contributed by atoms with E-state index in [1.807, 2.05) is 0 Å². The second-order valence-electron chi connectivity index (χ2n) is 4.71. The molecule has 0 aromatic heterocycles. The molecule has 1 aliphatic carbocycles. The first-order valence-electron chi connectivity index (χ1n) is 5.91. The van der Waals surface area contributed by atoms with Gasteiger partial charge in [-0.3, -0.25) is 0 Å². The minimum Gasteiger partial charge on any atom is -0.307 e. The first kappa shape index (κ1) is 11.0. The summed E-state index contributed by atoms with van der Waals surface area (Å²) in [6, 6.07) is 0. The Kier molecular flexibility index (Phi) is 4.24. The van der Waals surface area contributed by atoms with Crippen LogP contribution in [0.4, 0.5) is 0 Å². The van der Waals surface area contributed by atoms with E-state index in [0.717, 1.165) is 5.41 Å². The van der Waals surface area contributed by atoms with Crippen molar-refractivity contribution in [2.24, 2.45) is 5.41 Å². The molecule has 1 fully saturated rings. The van der Waals surface area contributed by atoms with Crippen LogP contribution >= 0.6 is 0 Å². The van der Waals surface area contributed by atoms with Gasteiger partial charge in [0.15, 0.2) is 0 Å². The number of hydrogen-bond acceptors (Lipinski definition) is 1. The minimum absolute atomic E-state index is 0.726. The summed E-state index contributed by atoms with van der Waals surface area (Å²) in [6.07, 6.45) is 8.74. The fourth-order valence-corrected chi connectivity index (χ4v) is 2.49. The topological polar surface area (TPSA) is 3.24 Å². The summed E-state index contributed by atoms with van der Waals surface area (Å²) in [4.78, 5) is 2.44. The average Bonchev–Trinajstić information content (AvgIpc) is 2.63. The highest BCUT2D eigenvalue weighted by atomic mass is 15.1. The van der Waals surface area contributed by atoms with Gasteiger partial charge in [0.2, 0.25) is 0 Å². The second kappa shape index (κ2) is 4.99. The van der Waals surface area contributed by atoms with Gasteiger partial charge in [-0.25, -0.2) is 0 Å². The molecule has 0 heterocycles. The molecule has 0 amide bonds. The third-order valence-electron chi connectivity index (χ3n) is 3.98. The van der Waals surface area contributed by atoms with Crippen molar-refractivity contribution in [3.05, 3.63) is 0 Å². The summed E-state index contributed by atoms with van der Waals surface area (Å²) in [7, 11) is 2.23. The normalized spacial score (nSPS) is 21.2. The second-order valence-corrected chi connectivity index (χ2v) is 4.71. The average molecular weight is 183 g/mol. The van der Waals surface area contributed by atoms with Crippen LogP contribution in [0.1, 0.15) is 52.4 Å². The fourth-order valence-electron chi connectivity index (χ4n) is 2.49. The summed E-state index contributed by atoms with van der Waals surface area (Å²) in [5, 5.41) is 0. The van der Waals surface area contributed by atoms with Crippen molar-refractivity contribution in [2.75, 3.05) is 20.1 Å². The molecule has 0 radical (unpaired) electrons. The lowest BCUT2D eigenvalue weighted by Crippen LogP contribution is -2.26. The lowest BCUT2D eigenvalue weighted by Gasteiger charge is -2.29. The van der Waals surface area contributed by atoms with Crippen molar-refractivity contribution in [2.45, 2.75) is 52.4 Å². The molecule has 0 aromatic rings. The first-order chi connectivity index (χ1) is 6.22. The molecule has 1 heteroatoms. The van der Waals surface area contributed by atoms with Gasteiger partial charge >= 0.3 is 0 Å². The van der Waals surface area contributed by atoms with E-state index in [2.05, 4.69) is 25.8 Å². The van der Waals surface area contributed by atoms with Gasteiger partial charge in [-0.2, -0.15) is 0 Å². The van der Waals surface area contributed by atoms with Crippen molar-refractivity contribution < 1.29 is 0 Å². The molecule has 1 aliphatic rings. The summed E-state index contributed by atoms with van der Waals surface area (Å²) >= 11 is 0. The van der Waals surface area contributed by atoms with Crippen LogP contribution in [-0.2, 0) is 0 Å². The predicted molar refractivity (Wildman–Crippen MR) is 59.0 cm³/mol. The Bertz CT molecular complexity index is 136. The lowest BCUT2D eigenvalue weighted by molar-refractivity contribution is 0.212. The smallest absolute Gasteiger partial charge is 0.00166 e. The van der Waals surface area contributed by atoms with E-state index in [-0.39, 0.29) is 0 Å². The largest absolute Gasteiger partial charge is 0.307 e. The molecule has 1 nitrogen and oxygen atoms in total. The zero-order valence-electron chi connectivity index (χ0n) is 9.60. The highest BCUT2D eigenvalue weighted by molar-refractivity contribution is 4.83. The highest BCUT2D eigenvalue weighted by Crippen LogP contribution is 2.43. The van der Waals surface area contributed by atoms with Crippen LogP contribution in [0.2, 0.25) is 0 Å². The minimum atomic E-state index is 0.726. The Balaban J connectivity index is 2.31. The van der Waals surface area contributed by atoms with E-state index in [4.69, 9.17) is 0 Å². The monoisotopic (exact) mass is 183 g/mol. The number of hydrogen-bond donors (Lipinski definition) is 0. The van der Waals surface area contributed by atoms with Gasteiger partial charge in [0.05, 0.1) is 0 Å². The molecule has 1 saturated carbocycles. The Morgan fingerprint density at radius 1 is 1.15 bits per heavy atom. The fraction of sp³-hybridized carbons (Fsp3) is 1.00. The van der Waals surface area contributed by atoms with Crippen LogP contribution in [-0.4, -0.2) is 25.0 Å². The lowest BCUT2D eigenvalue weighted by atomic mass is 9.80. The molecule has 0 aliphatic heterocycles. The van der Waals surface area contributed by atoms with Gasteiger partial charge < -0.3 is 4.90 Å². The molecular formula is C12H25N. The Morgan fingerprint density at radius 2 is 1.77 bits per heavy atom. The van der Waals surface area contributed by atoms with E-state index in [0.29, 0.717) is 0 Å². The maximum atomic E-state index is 2.44. The Labute approximate surface area is 83.5 Å². The van der Waals surface area contributed by atoms with Crippen LogP contribution < -0.4 is 0 Å². The standard InChI is InChI=1S/C12H25N/c1-4-12(8-6-7-9-12)10-11-13(3)5-2/h4-11H2,1-3H3. The van der Waals surface area contributed by atoms with Crippen molar-refractivity contribution in [3.63, 3.8) is 0 Å². The van der Waals surface area contributed by atoms with Crippen LogP contribution in [0.3, 0.4) is 0 Å². The SMILES string of the molecule is CCN(C)CCC1(CC)CCCC1. The molecule has 0 unspecified atom stereocenters. The predicted octanol–water partition coefficient (Wildman–Crippen LogP) is 3.30. The summed E-state index contributed by atoms with van der Waals surface area (Å²) in [6.45, 7) is 7.11. The molecule has 0 aromatic carbocycles. The van der Waals surface area contributed by atoms with E-state index in [9.17, 15) is 0 Å². The third kappa shape index (κ3) is 2.98. The van der Waals surface area contributed by atoms with Crippen molar-refractivity contribution in [1.29, 1.82) is 0 Å². The van der Waals surface area contributed by atoms with Crippen LogP contribution in [0.5, 0.6) is 0 Å². The number of rotatable bonds is 5. The molecule has 0 N–H and O–H groups in total. The van der Waals surface area contributed by atoms with E-state index >= 15 is 0 Å². The van der Waals surface area contributed by atoms with Crippen LogP contribution in [0.25, 0.3) is 0 Å². The van der Waals surface area contributed by atoms with Gasteiger partial charge in [-0.15, -0.1) is 0 Å². The molecule has 13 heavy (non-hydrogen) atoms. The maximum absolute atomic E-state index is 2.44. The van der Waals surface area contributed by atoms with Crippen molar-refractivity contribution in [3.8, 4) is 0 Å². The van der Waals surface area contributed by atoms with Gasteiger partial charge in [0, 0.05) is 0 Å². The summed E-state index contributed by atoms with van der Waals surface area (Å²) in [5.74, 6) is 0. The quantitative estimate of drug-likeness (QED) is 0.632. The highest BCUT2D eigenvalue weighted by Gasteiger charge is 2.31. The number of nitrogens with zero attached hydrogens (tertiary/aromatic N) is 1. The van der Waals surface area contributed by atoms with Gasteiger partial charge in [0.25, 0.3) is 0 Å². The van der Waals surface area contributed by atoms with Gasteiger partial charge in [-0.1, -0.05) is 33.1 Å². The molecule has 1 rings (SSSR count). The van der Waals surface area contributed by atoms with E-state index in [1.165, 1.54) is 51.6 Å². The van der Waals surface area contributed by atoms with Crippen molar-refractivity contribution >= 4 is 0 Å². The third-order valence-corrected chi connectivity index (χ3v) is 3.98.